The molecule has 0 bridgehead atoms. The van der Waals surface area contributed by atoms with Crippen molar-refractivity contribution in [2.45, 2.75) is 0 Å². The molecule has 1 N–H and O–H groups in total. The van der Waals surface area contributed by atoms with Crippen molar-refractivity contribution >= 4 is 44.2 Å². The first-order valence-corrected chi connectivity index (χ1v) is 7.29. The van der Waals surface area contributed by atoms with Crippen LogP contribution in [0.2, 0.25) is 5.02 Å². The molecule has 0 atom stereocenters. The van der Waals surface area contributed by atoms with E-state index in [4.69, 9.17) is 11.6 Å². The van der Waals surface area contributed by atoms with E-state index in [0.717, 1.165) is 5.52 Å². The van der Waals surface area contributed by atoms with Crippen molar-refractivity contribution in [2.75, 3.05) is 0 Å². The first kappa shape index (κ1) is 13.9. The van der Waals surface area contributed by atoms with E-state index in [1.165, 1.54) is 0 Å². The fraction of sp³-hybridized carbons (Fsp3) is 0. The van der Waals surface area contributed by atoms with Gasteiger partial charge in [0.2, 0.25) is 0 Å². The van der Waals surface area contributed by atoms with Crippen LogP contribution in [0.15, 0.2) is 47.1 Å². The number of nitrogens with zero attached hydrogens (tertiary/aromatic N) is 1. The minimum absolute atomic E-state index is 0.152. The lowest BCUT2D eigenvalue weighted by atomic mass is 10.00. The number of fused-ring (bicyclic) bond motifs is 1. The fourth-order valence-electron chi connectivity index (χ4n) is 2.25. The summed E-state index contributed by atoms with van der Waals surface area (Å²) in [7, 11) is 0. The van der Waals surface area contributed by atoms with Gasteiger partial charge in [-0.1, -0.05) is 17.7 Å². The highest BCUT2D eigenvalue weighted by molar-refractivity contribution is 9.10. The summed E-state index contributed by atoms with van der Waals surface area (Å²) in [6.45, 7) is 0. The third-order valence-corrected chi connectivity index (χ3v) is 4.47. The molecule has 3 rings (SSSR count). The van der Waals surface area contributed by atoms with Gasteiger partial charge in [0, 0.05) is 32.7 Å². The predicted molar refractivity (Wildman–Crippen MR) is 85.6 cm³/mol. The molecule has 0 radical (unpaired) electrons. The van der Waals surface area contributed by atoms with E-state index in [1.807, 2.05) is 6.07 Å². The first-order chi connectivity index (χ1) is 10.1. The summed E-state index contributed by atoms with van der Waals surface area (Å²) in [6, 6.07) is 12.5. The summed E-state index contributed by atoms with van der Waals surface area (Å²) < 4.78 is 0.662. The molecule has 5 heteroatoms. The highest BCUT2D eigenvalue weighted by atomic mass is 79.9. The Balaban J connectivity index is 2.18. The zero-order valence-corrected chi connectivity index (χ0v) is 13.0. The molecule has 0 unspecified atom stereocenters. The maximum atomic E-state index is 12.7. The molecule has 1 aromatic heterocycles. The van der Waals surface area contributed by atoms with Crippen LogP contribution in [0.5, 0.6) is 0 Å². The SMILES string of the molecule is N#Cc1cccc2[nH]cc(C(=O)c3ccc(Cl)c(Br)c3)c12. The number of carbonyl (C=O) groups is 1. The standard InChI is InChI=1S/C16H8BrClN2O/c17-12-6-9(4-5-13(12)18)16(21)11-8-20-14-3-1-2-10(7-19)15(11)14/h1-6,8,20H. The van der Waals surface area contributed by atoms with Gasteiger partial charge in [-0.25, -0.2) is 0 Å². The number of hydrogen-bond acceptors (Lipinski definition) is 2. The zero-order chi connectivity index (χ0) is 15.0. The minimum atomic E-state index is -0.152. The van der Waals surface area contributed by atoms with Gasteiger partial charge in [0.05, 0.1) is 16.7 Å². The monoisotopic (exact) mass is 358 g/mol. The van der Waals surface area contributed by atoms with Crippen LogP contribution in [0.3, 0.4) is 0 Å². The van der Waals surface area contributed by atoms with Crippen molar-refractivity contribution < 1.29 is 4.79 Å². The minimum Gasteiger partial charge on any atom is -0.360 e. The second kappa shape index (κ2) is 5.36. The van der Waals surface area contributed by atoms with Crippen LogP contribution in [0.4, 0.5) is 0 Å². The zero-order valence-electron chi connectivity index (χ0n) is 10.7. The largest absolute Gasteiger partial charge is 0.360 e. The summed E-state index contributed by atoms with van der Waals surface area (Å²) in [4.78, 5) is 15.7. The highest BCUT2D eigenvalue weighted by Crippen LogP contribution is 2.28. The number of carbonyl (C=O) groups excluding carboxylic acids is 1. The van der Waals surface area contributed by atoms with Crippen LogP contribution in [-0.4, -0.2) is 10.8 Å². The number of hydrogen-bond donors (Lipinski definition) is 1. The summed E-state index contributed by atoms with van der Waals surface area (Å²) in [5, 5.41) is 10.4. The van der Waals surface area contributed by atoms with Crippen molar-refractivity contribution in [3.63, 3.8) is 0 Å². The third kappa shape index (κ3) is 2.35. The summed E-state index contributed by atoms with van der Waals surface area (Å²) in [5.41, 5.74) is 2.24. The molecule has 0 fully saturated rings. The smallest absolute Gasteiger partial charge is 0.195 e. The summed E-state index contributed by atoms with van der Waals surface area (Å²) >= 11 is 9.26. The van der Waals surface area contributed by atoms with Gasteiger partial charge >= 0.3 is 0 Å². The van der Waals surface area contributed by atoms with Gasteiger partial charge in [-0.3, -0.25) is 4.79 Å². The average Bonchev–Trinajstić information content (AvgIpc) is 2.93. The highest BCUT2D eigenvalue weighted by Gasteiger charge is 2.17. The van der Waals surface area contributed by atoms with Crippen molar-refractivity contribution in [1.29, 1.82) is 5.26 Å². The number of ketones is 1. The van der Waals surface area contributed by atoms with Gasteiger partial charge in [0.1, 0.15) is 0 Å². The van der Waals surface area contributed by atoms with Gasteiger partial charge in [-0.15, -0.1) is 0 Å². The Morgan fingerprint density at radius 2 is 2.10 bits per heavy atom. The van der Waals surface area contributed by atoms with E-state index in [-0.39, 0.29) is 5.78 Å². The van der Waals surface area contributed by atoms with Crippen LogP contribution in [0.1, 0.15) is 21.5 Å². The molecule has 0 saturated carbocycles. The molecule has 3 nitrogen and oxygen atoms in total. The van der Waals surface area contributed by atoms with E-state index in [1.54, 1.807) is 36.5 Å². The van der Waals surface area contributed by atoms with E-state index in [9.17, 15) is 10.1 Å². The van der Waals surface area contributed by atoms with Crippen LogP contribution in [0, 0.1) is 11.3 Å². The Hall–Kier alpha value is -2.09. The lowest BCUT2D eigenvalue weighted by molar-refractivity contribution is 0.104. The van der Waals surface area contributed by atoms with Gasteiger partial charge in [-0.05, 0) is 46.3 Å². The lowest BCUT2D eigenvalue weighted by Gasteiger charge is -2.03. The molecular weight excluding hydrogens is 352 g/mol. The average molecular weight is 360 g/mol. The Morgan fingerprint density at radius 3 is 2.81 bits per heavy atom. The molecule has 0 amide bonds. The number of nitriles is 1. The Labute approximate surface area is 134 Å². The second-order valence-corrected chi connectivity index (χ2v) is 5.76. The quantitative estimate of drug-likeness (QED) is 0.675. The lowest BCUT2D eigenvalue weighted by Crippen LogP contribution is -2.01. The Bertz CT molecular complexity index is 908. The van der Waals surface area contributed by atoms with Gasteiger partial charge in [0.15, 0.2) is 5.78 Å². The molecule has 0 spiro atoms. The third-order valence-electron chi connectivity index (χ3n) is 3.25. The van der Waals surface area contributed by atoms with Gasteiger partial charge in [-0.2, -0.15) is 5.26 Å². The van der Waals surface area contributed by atoms with Crippen molar-refractivity contribution in [2.24, 2.45) is 0 Å². The number of aromatic nitrogens is 1. The normalized spacial score (nSPS) is 10.5. The Morgan fingerprint density at radius 1 is 1.29 bits per heavy atom. The molecule has 1 heterocycles. The number of benzene rings is 2. The van der Waals surface area contributed by atoms with Crippen molar-refractivity contribution in [3.05, 3.63) is 68.8 Å². The number of rotatable bonds is 2. The van der Waals surface area contributed by atoms with E-state index < -0.39 is 0 Å². The molecule has 0 aliphatic heterocycles. The predicted octanol–water partition coefficient (Wildman–Crippen LogP) is 4.69. The van der Waals surface area contributed by atoms with Gasteiger partial charge < -0.3 is 4.98 Å². The first-order valence-electron chi connectivity index (χ1n) is 6.12. The molecule has 3 aromatic rings. The van der Waals surface area contributed by atoms with Crippen LogP contribution in [-0.2, 0) is 0 Å². The van der Waals surface area contributed by atoms with Gasteiger partial charge in [0.25, 0.3) is 0 Å². The topological polar surface area (TPSA) is 56.6 Å². The van der Waals surface area contributed by atoms with Crippen molar-refractivity contribution in [1.82, 2.24) is 4.98 Å². The number of nitrogens with one attached hydrogen (secondary N) is 1. The summed E-state index contributed by atoms with van der Waals surface area (Å²) in [6.07, 6.45) is 1.64. The fourth-order valence-corrected chi connectivity index (χ4v) is 2.75. The van der Waals surface area contributed by atoms with Crippen LogP contribution in [0.25, 0.3) is 10.9 Å². The maximum Gasteiger partial charge on any atom is 0.195 e. The molecular formula is C16H8BrClN2O. The number of halogens is 2. The number of H-pyrrole nitrogens is 1. The van der Waals surface area contributed by atoms with Crippen LogP contribution < -0.4 is 0 Å². The van der Waals surface area contributed by atoms with Crippen LogP contribution >= 0.6 is 27.5 Å². The van der Waals surface area contributed by atoms with E-state index in [0.29, 0.717) is 31.6 Å². The van der Waals surface area contributed by atoms with Crippen molar-refractivity contribution in [3.8, 4) is 6.07 Å². The molecule has 0 saturated heterocycles. The maximum absolute atomic E-state index is 12.7. The summed E-state index contributed by atoms with van der Waals surface area (Å²) in [5.74, 6) is -0.152. The molecule has 21 heavy (non-hydrogen) atoms. The molecule has 2 aromatic carbocycles. The molecule has 0 aliphatic carbocycles. The van der Waals surface area contributed by atoms with E-state index in [2.05, 4.69) is 27.0 Å². The molecule has 102 valence electrons. The molecule has 0 aliphatic rings. The Kier molecular flexibility index (Phi) is 3.54. The second-order valence-electron chi connectivity index (χ2n) is 4.50. The number of aromatic amines is 1. The van der Waals surface area contributed by atoms with E-state index >= 15 is 0 Å².